The molecule has 2 N–H and O–H groups in total. The van der Waals surface area contributed by atoms with E-state index in [-0.39, 0.29) is 29.8 Å². The number of rotatable bonds is 8. The van der Waals surface area contributed by atoms with Gasteiger partial charge >= 0.3 is 0 Å². The van der Waals surface area contributed by atoms with Gasteiger partial charge in [0.1, 0.15) is 5.82 Å². The lowest BCUT2D eigenvalue weighted by Gasteiger charge is -2.28. The van der Waals surface area contributed by atoms with Crippen LogP contribution >= 0.6 is 24.0 Å². The summed E-state index contributed by atoms with van der Waals surface area (Å²) in [6.07, 6.45) is 0.847. The van der Waals surface area contributed by atoms with E-state index in [9.17, 15) is 4.39 Å². The van der Waals surface area contributed by atoms with Crippen LogP contribution in [0.5, 0.6) is 0 Å². The monoisotopic (exact) mass is 492 g/mol. The zero-order chi connectivity index (χ0) is 18.8. The third kappa shape index (κ3) is 9.21. The van der Waals surface area contributed by atoms with Crippen LogP contribution in [0.3, 0.4) is 0 Å². The predicted octanol–water partition coefficient (Wildman–Crippen LogP) is 2.82. The highest BCUT2D eigenvalue weighted by Gasteiger charge is 2.13. The lowest BCUT2D eigenvalue weighted by Crippen LogP contribution is -2.40. The molecule has 1 aliphatic rings. The quantitative estimate of drug-likeness (QED) is 0.333. The molecule has 1 unspecified atom stereocenters. The molecule has 0 aliphatic carbocycles. The first kappa shape index (κ1) is 24.1. The number of aryl methyl sites for hydroxylation is 1. The van der Waals surface area contributed by atoms with Crippen LogP contribution in [0.25, 0.3) is 0 Å². The molecule has 1 heterocycles. The first-order valence-corrected chi connectivity index (χ1v) is 9.65. The zero-order valence-electron chi connectivity index (χ0n) is 16.8. The highest BCUT2D eigenvalue weighted by Crippen LogP contribution is 2.10. The second-order valence-corrected chi connectivity index (χ2v) is 6.99. The summed E-state index contributed by atoms with van der Waals surface area (Å²) in [5, 5.41) is 6.68. The summed E-state index contributed by atoms with van der Waals surface area (Å²) < 4.78 is 18.6. The third-order valence-electron chi connectivity index (χ3n) is 4.57. The molecule has 7 heteroatoms. The summed E-state index contributed by atoms with van der Waals surface area (Å²) >= 11 is 0. The highest BCUT2D eigenvalue weighted by atomic mass is 127. The molecule has 1 aliphatic heterocycles. The number of morpholine rings is 1. The van der Waals surface area contributed by atoms with Gasteiger partial charge in [0.25, 0.3) is 0 Å². The molecular formula is C20H34FIN4O. The standard InChI is InChI=1S/C20H33FN4O.HI/c1-4-22-20(23-8-7-18-5-6-19(21)13-17(18)3)24-14-16(2)15-25-9-11-26-12-10-25;/h5-6,13,16H,4,7-12,14-15H2,1-3H3,(H2,22,23,24);1H. The molecule has 0 spiro atoms. The van der Waals surface area contributed by atoms with Gasteiger partial charge in [0.05, 0.1) is 13.2 Å². The van der Waals surface area contributed by atoms with Crippen molar-refractivity contribution >= 4 is 29.9 Å². The van der Waals surface area contributed by atoms with Crippen molar-refractivity contribution in [2.75, 3.05) is 52.5 Å². The Labute approximate surface area is 180 Å². The summed E-state index contributed by atoms with van der Waals surface area (Å²) in [6.45, 7) is 13.4. The largest absolute Gasteiger partial charge is 0.379 e. The van der Waals surface area contributed by atoms with E-state index in [1.807, 2.05) is 13.0 Å². The van der Waals surface area contributed by atoms with Crippen molar-refractivity contribution in [3.63, 3.8) is 0 Å². The Morgan fingerprint density at radius 2 is 2.04 bits per heavy atom. The molecule has 1 saturated heterocycles. The fourth-order valence-corrected chi connectivity index (χ4v) is 3.13. The van der Waals surface area contributed by atoms with Crippen LogP contribution < -0.4 is 10.6 Å². The van der Waals surface area contributed by atoms with Crippen molar-refractivity contribution < 1.29 is 9.13 Å². The molecule has 0 bridgehead atoms. The Morgan fingerprint density at radius 1 is 1.30 bits per heavy atom. The summed E-state index contributed by atoms with van der Waals surface area (Å²) in [4.78, 5) is 7.17. The van der Waals surface area contributed by atoms with E-state index in [0.717, 1.165) is 76.0 Å². The topological polar surface area (TPSA) is 48.9 Å². The minimum Gasteiger partial charge on any atom is -0.379 e. The lowest BCUT2D eigenvalue weighted by molar-refractivity contribution is 0.0323. The highest BCUT2D eigenvalue weighted by molar-refractivity contribution is 14.0. The average molecular weight is 492 g/mol. The van der Waals surface area contributed by atoms with E-state index in [1.54, 1.807) is 6.07 Å². The Bertz CT molecular complexity index is 579. The van der Waals surface area contributed by atoms with Crippen LogP contribution in [-0.2, 0) is 11.2 Å². The van der Waals surface area contributed by atoms with Crippen LogP contribution in [0.15, 0.2) is 23.2 Å². The zero-order valence-corrected chi connectivity index (χ0v) is 19.1. The summed E-state index contributed by atoms with van der Waals surface area (Å²) in [5.41, 5.74) is 2.16. The number of benzene rings is 1. The van der Waals surface area contributed by atoms with Crippen molar-refractivity contribution in [3.8, 4) is 0 Å². The van der Waals surface area contributed by atoms with Crippen LogP contribution in [0.1, 0.15) is 25.0 Å². The Kier molecular flexibility index (Phi) is 11.9. The smallest absolute Gasteiger partial charge is 0.191 e. The molecule has 2 rings (SSSR count). The maximum Gasteiger partial charge on any atom is 0.191 e. The lowest BCUT2D eigenvalue weighted by atomic mass is 10.1. The van der Waals surface area contributed by atoms with Gasteiger partial charge in [-0.05, 0) is 49.4 Å². The summed E-state index contributed by atoms with van der Waals surface area (Å²) in [5.74, 6) is 1.17. The number of halogens is 2. The van der Waals surface area contributed by atoms with Crippen molar-refractivity contribution in [2.45, 2.75) is 27.2 Å². The number of guanidine groups is 1. The van der Waals surface area contributed by atoms with Crippen molar-refractivity contribution in [1.82, 2.24) is 15.5 Å². The fraction of sp³-hybridized carbons (Fsp3) is 0.650. The Morgan fingerprint density at radius 3 is 2.70 bits per heavy atom. The second kappa shape index (κ2) is 13.3. The maximum atomic E-state index is 13.2. The number of aliphatic imine (C=N–C) groups is 1. The van der Waals surface area contributed by atoms with Gasteiger partial charge in [0.2, 0.25) is 0 Å². The molecule has 154 valence electrons. The number of nitrogens with zero attached hydrogens (tertiary/aromatic N) is 2. The SMILES string of the molecule is CCNC(=NCC(C)CN1CCOCC1)NCCc1ccc(F)cc1C.I. The molecule has 27 heavy (non-hydrogen) atoms. The van der Waals surface area contributed by atoms with Crippen molar-refractivity contribution in [2.24, 2.45) is 10.9 Å². The number of hydrogen-bond donors (Lipinski definition) is 2. The van der Waals surface area contributed by atoms with Gasteiger partial charge in [0, 0.05) is 39.3 Å². The Balaban J connectivity index is 0.00000364. The first-order valence-electron chi connectivity index (χ1n) is 9.65. The maximum absolute atomic E-state index is 13.2. The van der Waals surface area contributed by atoms with E-state index in [1.165, 1.54) is 6.07 Å². The van der Waals surface area contributed by atoms with Crippen LogP contribution in [0.2, 0.25) is 0 Å². The van der Waals surface area contributed by atoms with Gasteiger partial charge in [-0.25, -0.2) is 4.39 Å². The van der Waals surface area contributed by atoms with E-state index >= 15 is 0 Å². The number of nitrogens with one attached hydrogen (secondary N) is 2. The molecule has 1 aromatic carbocycles. The van der Waals surface area contributed by atoms with Crippen molar-refractivity contribution in [1.29, 1.82) is 0 Å². The van der Waals surface area contributed by atoms with Gasteiger partial charge in [0.15, 0.2) is 5.96 Å². The molecule has 1 aromatic rings. The molecular weight excluding hydrogens is 458 g/mol. The molecule has 0 radical (unpaired) electrons. The van der Waals surface area contributed by atoms with Gasteiger partial charge in [-0.3, -0.25) is 9.89 Å². The summed E-state index contributed by atoms with van der Waals surface area (Å²) in [6, 6.07) is 4.97. The van der Waals surface area contributed by atoms with Crippen LogP contribution in [-0.4, -0.2) is 63.3 Å². The minimum atomic E-state index is -0.177. The van der Waals surface area contributed by atoms with Gasteiger partial charge < -0.3 is 15.4 Å². The molecule has 0 aromatic heterocycles. The average Bonchev–Trinajstić information content (AvgIpc) is 2.62. The number of hydrogen-bond acceptors (Lipinski definition) is 3. The van der Waals surface area contributed by atoms with E-state index in [0.29, 0.717) is 5.92 Å². The van der Waals surface area contributed by atoms with Crippen LogP contribution in [0.4, 0.5) is 4.39 Å². The van der Waals surface area contributed by atoms with E-state index < -0.39 is 0 Å². The van der Waals surface area contributed by atoms with Gasteiger partial charge in [-0.2, -0.15) is 0 Å². The molecule has 1 atom stereocenters. The minimum absolute atomic E-state index is 0. The molecule has 0 saturated carbocycles. The molecule has 0 amide bonds. The Hall–Kier alpha value is -0.930. The summed E-state index contributed by atoms with van der Waals surface area (Å²) in [7, 11) is 0. The van der Waals surface area contributed by atoms with E-state index in [4.69, 9.17) is 9.73 Å². The predicted molar refractivity (Wildman–Crippen MR) is 121 cm³/mol. The van der Waals surface area contributed by atoms with E-state index in [2.05, 4.69) is 29.4 Å². The normalized spacial score (nSPS) is 16.5. The first-order chi connectivity index (χ1) is 12.6. The molecule has 1 fully saturated rings. The third-order valence-corrected chi connectivity index (χ3v) is 4.57. The van der Waals surface area contributed by atoms with Crippen LogP contribution in [0, 0.1) is 18.7 Å². The second-order valence-electron chi connectivity index (χ2n) is 6.99. The van der Waals surface area contributed by atoms with Crippen molar-refractivity contribution in [3.05, 3.63) is 35.1 Å². The van der Waals surface area contributed by atoms with Gasteiger partial charge in [-0.1, -0.05) is 13.0 Å². The molecule has 5 nitrogen and oxygen atoms in total. The number of ether oxygens (including phenoxy) is 1. The van der Waals surface area contributed by atoms with Gasteiger partial charge in [-0.15, -0.1) is 24.0 Å². The fourth-order valence-electron chi connectivity index (χ4n) is 3.13.